The van der Waals surface area contributed by atoms with Gasteiger partial charge in [0.15, 0.2) is 6.61 Å². The molecule has 0 aliphatic carbocycles. The predicted molar refractivity (Wildman–Crippen MR) is 99.1 cm³/mol. The van der Waals surface area contributed by atoms with Crippen molar-refractivity contribution in [3.05, 3.63) is 59.7 Å². The number of aromatic hydroxyl groups is 1. The Labute approximate surface area is 158 Å². The first kappa shape index (κ1) is 18.7. The molecule has 1 amide bonds. The van der Waals surface area contributed by atoms with Gasteiger partial charge in [0.2, 0.25) is 0 Å². The smallest absolute Gasteiger partial charge is 0.260 e. The van der Waals surface area contributed by atoms with Crippen LogP contribution >= 0.6 is 0 Å². The van der Waals surface area contributed by atoms with Gasteiger partial charge in [0, 0.05) is 25.3 Å². The molecule has 0 bridgehead atoms. The Morgan fingerprint density at radius 1 is 1.26 bits per heavy atom. The van der Waals surface area contributed by atoms with E-state index in [2.05, 4.69) is 6.07 Å². The van der Waals surface area contributed by atoms with Crippen LogP contribution in [0.3, 0.4) is 0 Å². The van der Waals surface area contributed by atoms with Gasteiger partial charge in [0.05, 0.1) is 11.7 Å². The Bertz CT molecular complexity index is 825. The summed E-state index contributed by atoms with van der Waals surface area (Å²) >= 11 is 0. The molecule has 1 unspecified atom stereocenters. The zero-order chi connectivity index (χ0) is 19.1. The van der Waals surface area contributed by atoms with Gasteiger partial charge in [-0.25, -0.2) is 0 Å². The zero-order valence-corrected chi connectivity index (χ0v) is 15.0. The summed E-state index contributed by atoms with van der Waals surface area (Å²) in [4.78, 5) is 14.4. The molecule has 1 saturated heterocycles. The van der Waals surface area contributed by atoms with E-state index in [4.69, 9.17) is 14.7 Å². The highest BCUT2D eigenvalue weighted by atomic mass is 16.5. The SMILES string of the molecule is N#Cc1ccccc1OCC(=O)N(Cc1ccccc1O)CC1CCCO1. The van der Waals surface area contributed by atoms with Gasteiger partial charge < -0.3 is 19.5 Å². The fraction of sp³-hybridized carbons (Fsp3) is 0.333. The highest BCUT2D eigenvalue weighted by Crippen LogP contribution is 2.21. The number of para-hydroxylation sites is 2. The molecule has 3 rings (SSSR count). The third kappa shape index (κ3) is 4.99. The van der Waals surface area contributed by atoms with E-state index in [1.54, 1.807) is 47.4 Å². The number of phenols is 1. The van der Waals surface area contributed by atoms with E-state index in [1.807, 2.05) is 6.07 Å². The van der Waals surface area contributed by atoms with Crippen molar-refractivity contribution in [2.75, 3.05) is 19.8 Å². The van der Waals surface area contributed by atoms with Crippen LogP contribution in [0.25, 0.3) is 0 Å². The number of hydrogen-bond acceptors (Lipinski definition) is 5. The van der Waals surface area contributed by atoms with Gasteiger partial charge in [-0.15, -0.1) is 0 Å². The average Bonchev–Trinajstić information content (AvgIpc) is 3.20. The Balaban J connectivity index is 1.70. The average molecular weight is 366 g/mol. The summed E-state index contributed by atoms with van der Waals surface area (Å²) in [6.07, 6.45) is 1.88. The molecule has 27 heavy (non-hydrogen) atoms. The fourth-order valence-electron chi connectivity index (χ4n) is 3.05. The second-order valence-electron chi connectivity index (χ2n) is 6.43. The van der Waals surface area contributed by atoms with Crippen LogP contribution in [0.1, 0.15) is 24.0 Å². The van der Waals surface area contributed by atoms with Crippen molar-refractivity contribution in [1.82, 2.24) is 4.90 Å². The summed E-state index contributed by atoms with van der Waals surface area (Å²) in [7, 11) is 0. The van der Waals surface area contributed by atoms with E-state index in [-0.39, 0.29) is 30.9 Å². The van der Waals surface area contributed by atoms with E-state index in [0.29, 0.717) is 30.0 Å². The van der Waals surface area contributed by atoms with Crippen molar-refractivity contribution in [3.8, 4) is 17.6 Å². The van der Waals surface area contributed by atoms with E-state index in [0.717, 1.165) is 12.8 Å². The zero-order valence-electron chi connectivity index (χ0n) is 15.0. The van der Waals surface area contributed by atoms with Crippen molar-refractivity contribution in [2.24, 2.45) is 0 Å². The monoisotopic (exact) mass is 366 g/mol. The lowest BCUT2D eigenvalue weighted by Crippen LogP contribution is -2.39. The Morgan fingerprint density at radius 2 is 2.04 bits per heavy atom. The van der Waals surface area contributed by atoms with Crippen molar-refractivity contribution in [1.29, 1.82) is 5.26 Å². The molecule has 140 valence electrons. The molecule has 6 heteroatoms. The number of carbonyl (C=O) groups excluding carboxylic acids is 1. The highest BCUT2D eigenvalue weighted by Gasteiger charge is 2.24. The number of nitriles is 1. The van der Waals surface area contributed by atoms with Crippen LogP contribution in [-0.4, -0.2) is 41.8 Å². The van der Waals surface area contributed by atoms with Gasteiger partial charge in [-0.2, -0.15) is 5.26 Å². The van der Waals surface area contributed by atoms with Crippen molar-refractivity contribution >= 4 is 5.91 Å². The maximum atomic E-state index is 12.8. The largest absolute Gasteiger partial charge is 0.508 e. The molecule has 1 fully saturated rings. The molecule has 2 aromatic carbocycles. The van der Waals surface area contributed by atoms with E-state index in [9.17, 15) is 9.90 Å². The fourth-order valence-corrected chi connectivity index (χ4v) is 3.05. The molecule has 0 saturated carbocycles. The second kappa shape index (κ2) is 9.06. The summed E-state index contributed by atoms with van der Waals surface area (Å²) in [5, 5.41) is 19.2. The van der Waals surface area contributed by atoms with Crippen LogP contribution in [0.4, 0.5) is 0 Å². The van der Waals surface area contributed by atoms with Crippen molar-refractivity contribution in [2.45, 2.75) is 25.5 Å². The molecule has 2 aromatic rings. The van der Waals surface area contributed by atoms with E-state index in [1.165, 1.54) is 0 Å². The minimum absolute atomic E-state index is 0.00815. The second-order valence-corrected chi connectivity index (χ2v) is 6.43. The topological polar surface area (TPSA) is 82.8 Å². The number of hydrogen-bond donors (Lipinski definition) is 1. The molecule has 0 radical (unpaired) electrons. The number of benzene rings is 2. The number of carbonyl (C=O) groups is 1. The van der Waals surface area contributed by atoms with Crippen LogP contribution in [0.2, 0.25) is 0 Å². The van der Waals surface area contributed by atoms with Crippen LogP contribution in [0.15, 0.2) is 48.5 Å². The molecule has 1 N–H and O–H groups in total. The minimum Gasteiger partial charge on any atom is -0.508 e. The number of phenolic OH excluding ortho intramolecular Hbond substituents is 1. The van der Waals surface area contributed by atoms with Crippen molar-refractivity contribution in [3.63, 3.8) is 0 Å². The first-order chi connectivity index (χ1) is 13.2. The van der Waals surface area contributed by atoms with Gasteiger partial charge in [0.1, 0.15) is 17.6 Å². The standard InChI is InChI=1S/C21H22N2O4/c22-12-16-6-2-4-10-20(16)27-15-21(25)23(14-18-8-5-11-26-18)13-17-7-1-3-9-19(17)24/h1-4,6-7,9-10,18,24H,5,8,11,13-15H2. The Morgan fingerprint density at radius 3 is 2.78 bits per heavy atom. The Hall–Kier alpha value is -3.04. The lowest BCUT2D eigenvalue weighted by molar-refractivity contribution is -0.135. The number of rotatable bonds is 7. The first-order valence-corrected chi connectivity index (χ1v) is 8.95. The Kier molecular flexibility index (Phi) is 6.29. The molecule has 0 aromatic heterocycles. The summed E-state index contributed by atoms with van der Waals surface area (Å²) in [6, 6.07) is 15.8. The molecule has 1 aliphatic rings. The third-order valence-corrected chi connectivity index (χ3v) is 4.51. The first-order valence-electron chi connectivity index (χ1n) is 8.95. The quantitative estimate of drug-likeness (QED) is 0.815. The lowest BCUT2D eigenvalue weighted by atomic mass is 10.1. The molecule has 1 heterocycles. The molecule has 0 spiro atoms. The number of nitrogens with zero attached hydrogens (tertiary/aromatic N) is 2. The minimum atomic E-state index is -0.221. The molecular weight excluding hydrogens is 344 g/mol. The summed E-state index contributed by atoms with van der Waals surface area (Å²) < 4.78 is 11.2. The van der Waals surface area contributed by atoms with Crippen LogP contribution < -0.4 is 4.74 Å². The maximum Gasteiger partial charge on any atom is 0.260 e. The lowest BCUT2D eigenvalue weighted by Gasteiger charge is -2.26. The maximum absolute atomic E-state index is 12.8. The van der Waals surface area contributed by atoms with Crippen LogP contribution in [-0.2, 0) is 16.1 Å². The van der Waals surface area contributed by atoms with Gasteiger partial charge in [0.25, 0.3) is 5.91 Å². The summed E-state index contributed by atoms with van der Waals surface area (Å²) in [5.41, 5.74) is 1.05. The third-order valence-electron chi connectivity index (χ3n) is 4.51. The molecule has 1 atom stereocenters. The van der Waals surface area contributed by atoms with Crippen LogP contribution in [0.5, 0.6) is 11.5 Å². The molecular formula is C21H22N2O4. The summed E-state index contributed by atoms with van der Waals surface area (Å²) in [6.45, 7) is 1.24. The van der Waals surface area contributed by atoms with E-state index >= 15 is 0 Å². The van der Waals surface area contributed by atoms with Gasteiger partial charge in [-0.1, -0.05) is 30.3 Å². The van der Waals surface area contributed by atoms with Gasteiger partial charge in [-0.05, 0) is 31.0 Å². The molecule has 1 aliphatic heterocycles. The number of ether oxygens (including phenoxy) is 2. The normalized spacial score (nSPS) is 15.9. The highest BCUT2D eigenvalue weighted by molar-refractivity contribution is 5.78. The number of amides is 1. The molecule has 6 nitrogen and oxygen atoms in total. The van der Waals surface area contributed by atoms with Gasteiger partial charge in [-0.3, -0.25) is 4.79 Å². The van der Waals surface area contributed by atoms with Crippen molar-refractivity contribution < 1.29 is 19.4 Å². The van der Waals surface area contributed by atoms with E-state index < -0.39 is 0 Å². The summed E-state index contributed by atoms with van der Waals surface area (Å²) in [5.74, 6) is 0.313. The van der Waals surface area contributed by atoms with Crippen LogP contribution in [0, 0.1) is 11.3 Å². The van der Waals surface area contributed by atoms with Gasteiger partial charge >= 0.3 is 0 Å². The predicted octanol–water partition coefficient (Wildman–Crippen LogP) is 2.85.